The predicted molar refractivity (Wildman–Crippen MR) is 55.9 cm³/mol. The van der Waals surface area contributed by atoms with Crippen LogP contribution in [0, 0.1) is 5.92 Å². The zero-order valence-electron chi connectivity index (χ0n) is 8.40. The molecular formula is C9H15NO3S. The van der Waals surface area contributed by atoms with E-state index in [0.29, 0.717) is 12.3 Å². The van der Waals surface area contributed by atoms with Gasteiger partial charge in [-0.25, -0.2) is 0 Å². The summed E-state index contributed by atoms with van der Waals surface area (Å²) < 4.78 is 5.00. The number of carbonyl (C=O) groups excluding carboxylic acids is 1. The maximum absolute atomic E-state index is 11.5. The lowest BCUT2D eigenvalue weighted by molar-refractivity contribution is -0.141. The van der Waals surface area contributed by atoms with Crippen molar-refractivity contribution < 1.29 is 14.7 Å². The van der Waals surface area contributed by atoms with Crippen LogP contribution in [0.3, 0.4) is 0 Å². The lowest BCUT2D eigenvalue weighted by Crippen LogP contribution is -2.27. The Labute approximate surface area is 87.7 Å². The van der Waals surface area contributed by atoms with Crippen molar-refractivity contribution >= 4 is 23.4 Å². The molecule has 1 aliphatic heterocycles. The molecule has 0 saturated carbocycles. The van der Waals surface area contributed by atoms with Crippen molar-refractivity contribution in [2.75, 3.05) is 12.4 Å². The van der Waals surface area contributed by atoms with Crippen LogP contribution in [-0.2, 0) is 9.53 Å². The predicted octanol–water partition coefficient (Wildman–Crippen LogP) is 1.52. The average molecular weight is 217 g/mol. The standard InChI is InChI=1S/C9H15NO3S/c1-3-4-13-9(11)8-7(10-12)6(2)5-14-8/h6,8,12H,3-5H2,1-2H3/b10-7+. The summed E-state index contributed by atoms with van der Waals surface area (Å²) >= 11 is 1.48. The fraction of sp³-hybridized carbons (Fsp3) is 0.778. The molecule has 0 amide bonds. The SMILES string of the molecule is CCCOC(=O)C1SCC(C)/C1=N\O. The van der Waals surface area contributed by atoms with E-state index in [4.69, 9.17) is 9.94 Å². The van der Waals surface area contributed by atoms with Crippen LogP contribution in [0.5, 0.6) is 0 Å². The number of rotatable bonds is 3. The van der Waals surface area contributed by atoms with Crippen LogP contribution in [0.4, 0.5) is 0 Å². The molecular weight excluding hydrogens is 202 g/mol. The van der Waals surface area contributed by atoms with Gasteiger partial charge in [-0.3, -0.25) is 4.79 Å². The number of oxime groups is 1. The zero-order chi connectivity index (χ0) is 10.6. The zero-order valence-corrected chi connectivity index (χ0v) is 9.21. The Morgan fingerprint density at radius 2 is 2.50 bits per heavy atom. The summed E-state index contributed by atoms with van der Waals surface area (Å²) in [5.74, 6) is 0.684. The summed E-state index contributed by atoms with van der Waals surface area (Å²) in [6.45, 7) is 4.32. The van der Waals surface area contributed by atoms with Gasteiger partial charge in [-0.1, -0.05) is 19.0 Å². The second kappa shape index (κ2) is 5.24. The van der Waals surface area contributed by atoms with Crippen LogP contribution < -0.4 is 0 Å². The Morgan fingerprint density at radius 3 is 3.07 bits per heavy atom. The van der Waals surface area contributed by atoms with Gasteiger partial charge in [0, 0.05) is 11.7 Å². The minimum atomic E-state index is -0.401. The molecule has 0 aromatic heterocycles. The van der Waals surface area contributed by atoms with Crippen LogP contribution in [0.1, 0.15) is 20.3 Å². The van der Waals surface area contributed by atoms with Crippen molar-refractivity contribution in [1.29, 1.82) is 0 Å². The van der Waals surface area contributed by atoms with Gasteiger partial charge in [0.25, 0.3) is 0 Å². The molecule has 1 saturated heterocycles. The van der Waals surface area contributed by atoms with Crippen molar-refractivity contribution in [3.8, 4) is 0 Å². The first-order valence-electron chi connectivity index (χ1n) is 4.70. The number of ether oxygens (including phenoxy) is 1. The summed E-state index contributed by atoms with van der Waals surface area (Å²) in [5.41, 5.74) is 0.538. The molecule has 1 heterocycles. The molecule has 0 bridgehead atoms. The minimum Gasteiger partial charge on any atom is -0.465 e. The highest BCUT2D eigenvalue weighted by Gasteiger charge is 2.36. The fourth-order valence-electron chi connectivity index (χ4n) is 1.29. The highest BCUT2D eigenvalue weighted by atomic mass is 32.2. The molecule has 80 valence electrons. The first-order chi connectivity index (χ1) is 6.70. The minimum absolute atomic E-state index is 0.157. The summed E-state index contributed by atoms with van der Waals surface area (Å²) in [5, 5.41) is 11.5. The quantitative estimate of drug-likeness (QED) is 0.442. The number of esters is 1. The van der Waals surface area contributed by atoms with E-state index in [1.54, 1.807) is 0 Å². The molecule has 5 heteroatoms. The molecule has 0 spiro atoms. The average Bonchev–Trinajstić information content (AvgIpc) is 2.55. The van der Waals surface area contributed by atoms with E-state index in [9.17, 15) is 4.79 Å². The second-order valence-electron chi connectivity index (χ2n) is 3.31. The van der Waals surface area contributed by atoms with E-state index in [2.05, 4.69) is 5.16 Å². The maximum Gasteiger partial charge on any atom is 0.325 e. The number of carbonyl (C=O) groups is 1. The van der Waals surface area contributed by atoms with Crippen LogP contribution in [0.25, 0.3) is 0 Å². The van der Waals surface area contributed by atoms with Crippen LogP contribution in [0.2, 0.25) is 0 Å². The molecule has 0 aromatic carbocycles. The summed E-state index contributed by atoms with van der Waals surface area (Å²) in [6, 6.07) is 0. The van der Waals surface area contributed by atoms with Gasteiger partial charge >= 0.3 is 5.97 Å². The molecule has 0 radical (unpaired) electrons. The number of hydrogen-bond acceptors (Lipinski definition) is 5. The molecule has 0 aromatic rings. The third kappa shape index (κ3) is 2.41. The van der Waals surface area contributed by atoms with Crippen molar-refractivity contribution in [3.63, 3.8) is 0 Å². The monoisotopic (exact) mass is 217 g/mol. The highest BCUT2D eigenvalue weighted by molar-refractivity contribution is 8.01. The molecule has 4 nitrogen and oxygen atoms in total. The van der Waals surface area contributed by atoms with Crippen molar-refractivity contribution in [1.82, 2.24) is 0 Å². The van der Waals surface area contributed by atoms with E-state index in [0.717, 1.165) is 12.2 Å². The number of nitrogens with zero attached hydrogens (tertiary/aromatic N) is 1. The summed E-state index contributed by atoms with van der Waals surface area (Å²) in [6.07, 6.45) is 0.810. The van der Waals surface area contributed by atoms with E-state index in [-0.39, 0.29) is 11.9 Å². The Bertz CT molecular complexity index is 242. The van der Waals surface area contributed by atoms with E-state index < -0.39 is 5.25 Å². The van der Waals surface area contributed by atoms with E-state index >= 15 is 0 Å². The van der Waals surface area contributed by atoms with Crippen LogP contribution in [-0.4, -0.2) is 34.5 Å². The van der Waals surface area contributed by atoms with Gasteiger partial charge in [-0.05, 0) is 6.42 Å². The normalized spacial score (nSPS) is 29.4. The lowest BCUT2D eigenvalue weighted by atomic mass is 10.1. The Morgan fingerprint density at radius 1 is 1.79 bits per heavy atom. The maximum atomic E-state index is 11.5. The van der Waals surface area contributed by atoms with Crippen LogP contribution >= 0.6 is 11.8 Å². The van der Waals surface area contributed by atoms with Gasteiger partial charge in [0.2, 0.25) is 0 Å². The van der Waals surface area contributed by atoms with Crippen molar-refractivity contribution in [2.24, 2.45) is 11.1 Å². The lowest BCUT2D eigenvalue weighted by Gasteiger charge is -2.09. The first kappa shape index (κ1) is 11.4. The largest absolute Gasteiger partial charge is 0.465 e. The van der Waals surface area contributed by atoms with Gasteiger partial charge in [0.1, 0.15) is 5.25 Å². The smallest absolute Gasteiger partial charge is 0.325 e. The third-order valence-electron chi connectivity index (χ3n) is 2.06. The molecule has 2 atom stereocenters. The topological polar surface area (TPSA) is 58.9 Å². The molecule has 14 heavy (non-hydrogen) atoms. The molecule has 0 aliphatic carbocycles. The summed E-state index contributed by atoms with van der Waals surface area (Å²) in [7, 11) is 0. The van der Waals surface area contributed by atoms with Crippen LogP contribution in [0.15, 0.2) is 5.16 Å². The van der Waals surface area contributed by atoms with E-state index in [1.165, 1.54) is 11.8 Å². The second-order valence-corrected chi connectivity index (χ2v) is 4.44. The number of hydrogen-bond donors (Lipinski definition) is 1. The van der Waals surface area contributed by atoms with Gasteiger partial charge < -0.3 is 9.94 Å². The van der Waals surface area contributed by atoms with Gasteiger partial charge in [-0.2, -0.15) is 0 Å². The Balaban J connectivity index is 2.56. The third-order valence-corrected chi connectivity index (χ3v) is 3.52. The molecule has 2 unspecified atom stereocenters. The van der Waals surface area contributed by atoms with Gasteiger partial charge in [-0.15, -0.1) is 11.8 Å². The summed E-state index contributed by atoms with van der Waals surface area (Å²) in [4.78, 5) is 11.5. The molecule has 1 N–H and O–H groups in total. The Hall–Kier alpha value is -0.710. The van der Waals surface area contributed by atoms with Gasteiger partial charge in [0.15, 0.2) is 0 Å². The van der Waals surface area contributed by atoms with Crippen molar-refractivity contribution in [2.45, 2.75) is 25.5 Å². The first-order valence-corrected chi connectivity index (χ1v) is 5.75. The fourth-order valence-corrected chi connectivity index (χ4v) is 2.59. The molecule has 1 fully saturated rings. The highest BCUT2D eigenvalue weighted by Crippen LogP contribution is 2.29. The van der Waals surface area contributed by atoms with E-state index in [1.807, 2.05) is 13.8 Å². The molecule has 1 aliphatic rings. The number of thioether (sulfide) groups is 1. The van der Waals surface area contributed by atoms with Gasteiger partial charge in [0.05, 0.1) is 12.3 Å². The Kier molecular flexibility index (Phi) is 4.25. The van der Waals surface area contributed by atoms with Crippen molar-refractivity contribution in [3.05, 3.63) is 0 Å². The molecule has 1 rings (SSSR count).